The van der Waals surface area contributed by atoms with E-state index in [0.717, 1.165) is 6.42 Å². The molecule has 0 aromatic carbocycles. The van der Waals surface area contributed by atoms with Crippen LogP contribution in [0.2, 0.25) is 0 Å². The van der Waals surface area contributed by atoms with Gasteiger partial charge in [-0.3, -0.25) is 0 Å². The van der Waals surface area contributed by atoms with Gasteiger partial charge in [0.1, 0.15) is 0 Å². The van der Waals surface area contributed by atoms with Crippen molar-refractivity contribution in [3.05, 3.63) is 12.2 Å². The molecule has 0 heterocycles. The van der Waals surface area contributed by atoms with Crippen LogP contribution in [0.5, 0.6) is 0 Å². The van der Waals surface area contributed by atoms with E-state index >= 15 is 0 Å². The molecule has 0 spiro atoms. The molecule has 0 saturated carbocycles. The van der Waals surface area contributed by atoms with Gasteiger partial charge in [0, 0.05) is 11.3 Å². The van der Waals surface area contributed by atoms with Crippen LogP contribution in [-0.2, 0) is 8.98 Å². The third-order valence-corrected chi connectivity index (χ3v) is 2.70. The van der Waals surface area contributed by atoms with Gasteiger partial charge in [0.05, 0.1) is 12.0 Å². The molecule has 0 aliphatic rings. The van der Waals surface area contributed by atoms with Gasteiger partial charge in [-0.05, 0) is 12.8 Å². The van der Waals surface area contributed by atoms with Crippen LogP contribution >= 0.6 is 12.0 Å². The molecule has 0 radical (unpaired) electrons. The van der Waals surface area contributed by atoms with Gasteiger partial charge >= 0.3 is 5.97 Å². The SMILES string of the molecule is CCCCCCCC=CC(=O)OSC(C)C. The monoisotopic (exact) mass is 244 g/mol. The molecule has 0 amide bonds. The Morgan fingerprint density at radius 2 is 1.94 bits per heavy atom. The van der Waals surface area contributed by atoms with Crippen LogP contribution < -0.4 is 0 Å². The standard InChI is InChI=1S/C13H24O2S/c1-4-5-6-7-8-9-10-11-13(14)15-16-12(2)3/h10-12H,4-9H2,1-3H3. The predicted molar refractivity (Wildman–Crippen MR) is 71.3 cm³/mol. The Morgan fingerprint density at radius 1 is 1.25 bits per heavy atom. The highest BCUT2D eigenvalue weighted by Crippen LogP contribution is 2.11. The zero-order valence-corrected chi connectivity index (χ0v) is 11.5. The van der Waals surface area contributed by atoms with E-state index in [9.17, 15) is 4.79 Å². The van der Waals surface area contributed by atoms with Crippen LogP contribution in [-0.4, -0.2) is 11.2 Å². The first-order valence-corrected chi connectivity index (χ1v) is 7.01. The van der Waals surface area contributed by atoms with Crippen LogP contribution in [0, 0.1) is 0 Å². The topological polar surface area (TPSA) is 26.3 Å². The molecule has 0 unspecified atom stereocenters. The summed E-state index contributed by atoms with van der Waals surface area (Å²) < 4.78 is 4.94. The minimum absolute atomic E-state index is 0.243. The van der Waals surface area contributed by atoms with Crippen LogP contribution in [0.25, 0.3) is 0 Å². The minimum Gasteiger partial charge on any atom is -0.388 e. The van der Waals surface area contributed by atoms with E-state index in [1.54, 1.807) is 0 Å². The van der Waals surface area contributed by atoms with E-state index in [1.165, 1.54) is 50.2 Å². The summed E-state index contributed by atoms with van der Waals surface area (Å²) in [6.07, 6.45) is 10.7. The van der Waals surface area contributed by atoms with Gasteiger partial charge in [-0.25, -0.2) is 4.79 Å². The second-order valence-corrected chi connectivity index (χ2v) is 5.45. The van der Waals surface area contributed by atoms with Crippen molar-refractivity contribution in [2.75, 3.05) is 0 Å². The molecule has 0 aromatic rings. The molecule has 16 heavy (non-hydrogen) atoms. The summed E-state index contributed by atoms with van der Waals surface area (Å²) in [5, 5.41) is 0.325. The highest BCUT2D eigenvalue weighted by atomic mass is 32.2. The first kappa shape index (κ1) is 15.6. The van der Waals surface area contributed by atoms with Gasteiger partial charge in [-0.15, -0.1) is 0 Å². The second kappa shape index (κ2) is 11.1. The number of hydrogen-bond donors (Lipinski definition) is 0. The lowest BCUT2D eigenvalue weighted by Crippen LogP contribution is -1.97. The quantitative estimate of drug-likeness (QED) is 0.339. The lowest BCUT2D eigenvalue weighted by atomic mass is 10.1. The fourth-order valence-electron chi connectivity index (χ4n) is 1.22. The second-order valence-electron chi connectivity index (χ2n) is 4.15. The highest BCUT2D eigenvalue weighted by molar-refractivity contribution is 7.95. The van der Waals surface area contributed by atoms with Gasteiger partial charge in [0.2, 0.25) is 0 Å². The molecule has 0 rings (SSSR count). The molecule has 0 N–H and O–H groups in total. The summed E-state index contributed by atoms with van der Waals surface area (Å²) in [5.74, 6) is -0.243. The normalized spacial score (nSPS) is 11.2. The molecule has 0 aliphatic carbocycles. The molecule has 0 atom stereocenters. The first-order chi connectivity index (χ1) is 7.66. The smallest absolute Gasteiger partial charge is 0.342 e. The third kappa shape index (κ3) is 11.6. The Balaban J connectivity index is 3.35. The lowest BCUT2D eigenvalue weighted by Gasteiger charge is -2.01. The molecule has 0 aromatic heterocycles. The Morgan fingerprint density at radius 3 is 2.56 bits per heavy atom. The van der Waals surface area contributed by atoms with Crippen molar-refractivity contribution >= 4 is 18.0 Å². The summed E-state index contributed by atoms with van der Waals surface area (Å²) in [4.78, 5) is 11.2. The summed E-state index contributed by atoms with van der Waals surface area (Å²) in [6.45, 7) is 6.20. The number of carbonyl (C=O) groups excluding carboxylic acids is 1. The van der Waals surface area contributed by atoms with Gasteiger partial charge < -0.3 is 4.18 Å². The maximum absolute atomic E-state index is 11.2. The van der Waals surface area contributed by atoms with Gasteiger partial charge in [0.25, 0.3) is 0 Å². The van der Waals surface area contributed by atoms with Crippen LogP contribution in [0.1, 0.15) is 59.3 Å². The molecule has 0 aliphatic heterocycles. The predicted octanol–water partition coefficient (Wildman–Crippen LogP) is 4.50. The summed E-state index contributed by atoms with van der Waals surface area (Å²) in [5.41, 5.74) is 0. The first-order valence-electron chi connectivity index (χ1n) is 6.20. The zero-order valence-electron chi connectivity index (χ0n) is 10.7. The number of unbranched alkanes of at least 4 members (excludes halogenated alkanes) is 5. The van der Waals surface area contributed by atoms with Crippen molar-refractivity contribution in [1.29, 1.82) is 0 Å². The van der Waals surface area contributed by atoms with Gasteiger partial charge in [0.15, 0.2) is 0 Å². The number of carbonyl (C=O) groups is 1. The van der Waals surface area contributed by atoms with Crippen LogP contribution in [0.3, 0.4) is 0 Å². The molecule has 0 saturated heterocycles. The van der Waals surface area contributed by atoms with Gasteiger partial charge in [-0.1, -0.05) is 52.5 Å². The fourth-order valence-corrected chi connectivity index (χ4v) is 1.56. The van der Waals surface area contributed by atoms with Crippen LogP contribution in [0.15, 0.2) is 12.2 Å². The van der Waals surface area contributed by atoms with Crippen molar-refractivity contribution in [2.24, 2.45) is 0 Å². The van der Waals surface area contributed by atoms with E-state index in [1.807, 2.05) is 19.9 Å². The van der Waals surface area contributed by atoms with Crippen molar-refractivity contribution in [3.63, 3.8) is 0 Å². The van der Waals surface area contributed by atoms with Crippen molar-refractivity contribution in [1.82, 2.24) is 0 Å². The van der Waals surface area contributed by atoms with E-state index < -0.39 is 0 Å². The Labute approximate surface area is 104 Å². The molecular formula is C13H24O2S. The fraction of sp³-hybridized carbons (Fsp3) is 0.769. The number of rotatable bonds is 9. The van der Waals surface area contributed by atoms with Crippen molar-refractivity contribution in [2.45, 2.75) is 64.5 Å². The Bertz CT molecular complexity index is 200. The maximum Gasteiger partial charge on any atom is 0.342 e. The minimum atomic E-state index is -0.243. The third-order valence-electron chi connectivity index (χ3n) is 2.05. The number of allylic oxidation sites excluding steroid dienone is 1. The van der Waals surface area contributed by atoms with E-state index in [2.05, 4.69) is 6.92 Å². The van der Waals surface area contributed by atoms with E-state index in [4.69, 9.17) is 4.18 Å². The van der Waals surface area contributed by atoms with Gasteiger partial charge in [-0.2, -0.15) is 0 Å². The maximum atomic E-state index is 11.2. The molecule has 2 nitrogen and oxygen atoms in total. The summed E-state index contributed by atoms with van der Waals surface area (Å²) in [6, 6.07) is 0. The summed E-state index contributed by atoms with van der Waals surface area (Å²) >= 11 is 1.21. The lowest BCUT2D eigenvalue weighted by molar-refractivity contribution is -0.127. The van der Waals surface area contributed by atoms with Crippen molar-refractivity contribution < 1.29 is 8.98 Å². The molecule has 3 heteroatoms. The Hall–Kier alpha value is -0.440. The molecule has 94 valence electrons. The van der Waals surface area contributed by atoms with Crippen molar-refractivity contribution in [3.8, 4) is 0 Å². The van der Waals surface area contributed by atoms with Crippen LogP contribution in [0.4, 0.5) is 0 Å². The molecule has 0 bridgehead atoms. The number of hydrogen-bond acceptors (Lipinski definition) is 3. The largest absolute Gasteiger partial charge is 0.388 e. The zero-order chi connectivity index (χ0) is 12.2. The molecular weight excluding hydrogens is 220 g/mol. The summed E-state index contributed by atoms with van der Waals surface area (Å²) in [7, 11) is 0. The average Bonchev–Trinajstić information content (AvgIpc) is 2.25. The van der Waals surface area contributed by atoms with E-state index in [0.29, 0.717) is 5.25 Å². The molecule has 0 fully saturated rings. The van der Waals surface area contributed by atoms with E-state index in [-0.39, 0.29) is 5.97 Å². The highest BCUT2D eigenvalue weighted by Gasteiger charge is 2.00. The Kier molecular flexibility index (Phi) is 10.8. The average molecular weight is 244 g/mol.